The number of allylic oxidation sites excluding steroid dienone is 1. The number of aryl methyl sites for hydroxylation is 1. The number of thiazole rings is 1. The van der Waals surface area contributed by atoms with Gasteiger partial charge in [-0.15, -0.1) is 0 Å². The fourth-order valence-electron chi connectivity index (χ4n) is 4.98. The SMILES string of the molecule is CCOC(=O)C1=C(C)N=c2s/c(=C/c3cc(I)c(OCc4ccc(C(=O)O)cc4)c(OCC)c3)c(=O)n2[C@H]1c1ccc(C)cc1. The summed E-state index contributed by atoms with van der Waals surface area (Å²) in [6.45, 7) is 8.19. The summed E-state index contributed by atoms with van der Waals surface area (Å²) in [6, 6.07) is 17.3. The second-order valence-corrected chi connectivity index (χ2v) is 12.4. The van der Waals surface area contributed by atoms with Crippen LogP contribution < -0.4 is 24.4 Å². The van der Waals surface area contributed by atoms with Gasteiger partial charge in [0.05, 0.1) is 44.2 Å². The second kappa shape index (κ2) is 13.8. The van der Waals surface area contributed by atoms with Gasteiger partial charge in [0, 0.05) is 0 Å². The first kappa shape index (κ1) is 32.2. The average Bonchev–Trinajstić information content (AvgIpc) is 3.30. The zero-order chi connectivity index (χ0) is 32.2. The molecule has 0 unspecified atom stereocenters. The van der Waals surface area contributed by atoms with E-state index in [1.807, 2.05) is 50.2 Å². The van der Waals surface area contributed by atoms with Crippen LogP contribution in [0.25, 0.3) is 6.08 Å². The molecule has 0 spiro atoms. The Hall–Kier alpha value is -4.23. The van der Waals surface area contributed by atoms with Crippen LogP contribution in [0.3, 0.4) is 0 Å². The van der Waals surface area contributed by atoms with Gasteiger partial charge in [0.2, 0.25) is 0 Å². The van der Waals surface area contributed by atoms with E-state index in [0.29, 0.717) is 38.7 Å². The van der Waals surface area contributed by atoms with E-state index in [0.717, 1.165) is 25.8 Å². The minimum absolute atomic E-state index is 0.204. The maximum Gasteiger partial charge on any atom is 0.338 e. The molecular weight excluding hydrogens is 707 g/mol. The molecule has 2 heterocycles. The topological polar surface area (TPSA) is 116 Å². The van der Waals surface area contributed by atoms with Crippen LogP contribution in [0.1, 0.15) is 59.4 Å². The molecule has 0 fully saturated rings. The zero-order valence-electron chi connectivity index (χ0n) is 25.1. The Morgan fingerprint density at radius 1 is 1.02 bits per heavy atom. The molecule has 45 heavy (non-hydrogen) atoms. The van der Waals surface area contributed by atoms with Crippen LogP contribution in [0.15, 0.2) is 81.7 Å². The summed E-state index contributed by atoms with van der Waals surface area (Å²) in [5, 5.41) is 9.15. The van der Waals surface area contributed by atoms with E-state index in [2.05, 4.69) is 27.6 Å². The highest BCUT2D eigenvalue weighted by Crippen LogP contribution is 2.35. The van der Waals surface area contributed by atoms with Gasteiger partial charge >= 0.3 is 11.9 Å². The van der Waals surface area contributed by atoms with Gasteiger partial charge in [-0.3, -0.25) is 9.36 Å². The van der Waals surface area contributed by atoms with Crippen molar-refractivity contribution in [1.29, 1.82) is 0 Å². The number of rotatable bonds is 10. The van der Waals surface area contributed by atoms with Crippen LogP contribution in [-0.2, 0) is 16.1 Å². The van der Waals surface area contributed by atoms with Crippen molar-refractivity contribution in [2.24, 2.45) is 4.99 Å². The molecule has 1 aliphatic heterocycles. The Labute approximate surface area is 277 Å². The highest BCUT2D eigenvalue weighted by Gasteiger charge is 2.33. The number of ether oxygens (including phenoxy) is 3. The number of carboxylic acid groups (broad SMARTS) is 1. The van der Waals surface area contributed by atoms with Crippen LogP contribution >= 0.6 is 33.9 Å². The highest BCUT2D eigenvalue weighted by molar-refractivity contribution is 14.1. The van der Waals surface area contributed by atoms with E-state index in [1.165, 1.54) is 23.5 Å². The van der Waals surface area contributed by atoms with Gasteiger partial charge in [0.25, 0.3) is 5.56 Å². The predicted molar refractivity (Wildman–Crippen MR) is 180 cm³/mol. The van der Waals surface area contributed by atoms with Crippen molar-refractivity contribution in [3.63, 3.8) is 0 Å². The van der Waals surface area contributed by atoms with E-state index in [9.17, 15) is 14.4 Å². The number of halogens is 1. The summed E-state index contributed by atoms with van der Waals surface area (Å²) in [5.74, 6) is -0.419. The van der Waals surface area contributed by atoms with Crippen molar-refractivity contribution in [2.45, 2.75) is 40.3 Å². The number of carbonyl (C=O) groups is 2. The van der Waals surface area contributed by atoms with Gasteiger partial charge in [0.1, 0.15) is 6.61 Å². The summed E-state index contributed by atoms with van der Waals surface area (Å²) in [5.41, 5.74) is 4.19. The minimum atomic E-state index is -0.987. The van der Waals surface area contributed by atoms with Crippen LogP contribution in [-0.4, -0.2) is 34.8 Å². The second-order valence-electron chi connectivity index (χ2n) is 10.3. The van der Waals surface area contributed by atoms with E-state index >= 15 is 0 Å². The lowest BCUT2D eigenvalue weighted by Gasteiger charge is -2.24. The number of aromatic carboxylic acids is 1. The third-order valence-electron chi connectivity index (χ3n) is 7.12. The molecule has 0 bridgehead atoms. The van der Waals surface area contributed by atoms with E-state index in [1.54, 1.807) is 36.6 Å². The number of aromatic nitrogens is 1. The Morgan fingerprint density at radius 2 is 1.73 bits per heavy atom. The van der Waals surface area contributed by atoms with Crippen LogP contribution in [0.5, 0.6) is 11.5 Å². The number of nitrogens with zero attached hydrogens (tertiary/aromatic N) is 2. The monoisotopic (exact) mass is 738 g/mol. The molecule has 9 nitrogen and oxygen atoms in total. The largest absolute Gasteiger partial charge is 0.490 e. The number of esters is 1. The van der Waals surface area contributed by atoms with Gasteiger partial charge in [-0.1, -0.05) is 53.3 Å². The Bertz CT molecular complexity index is 1980. The molecule has 5 rings (SSSR count). The normalized spacial score (nSPS) is 14.5. The number of hydrogen-bond donors (Lipinski definition) is 1. The quantitative estimate of drug-likeness (QED) is 0.172. The van der Waals surface area contributed by atoms with Gasteiger partial charge in [-0.25, -0.2) is 14.6 Å². The summed E-state index contributed by atoms with van der Waals surface area (Å²) in [6.07, 6.45) is 1.79. The number of fused-ring (bicyclic) bond motifs is 1. The van der Waals surface area contributed by atoms with Crippen molar-refractivity contribution >= 4 is 51.9 Å². The van der Waals surface area contributed by atoms with Crippen LogP contribution in [0, 0.1) is 10.5 Å². The Morgan fingerprint density at radius 3 is 2.38 bits per heavy atom. The third kappa shape index (κ3) is 6.89. The molecule has 1 N–H and O–H groups in total. The highest BCUT2D eigenvalue weighted by atomic mass is 127. The standard InChI is InChI=1S/C34H31IN2O7S/c1-5-42-26-16-22(15-25(35)30(26)44-18-21-9-13-24(14-10-21)32(39)40)17-27-31(38)37-29(23-11-7-19(3)8-12-23)28(33(41)43-6-2)20(4)36-34(37)45-27/h7-17,29H,5-6,18H2,1-4H3,(H,39,40)/b27-17+/t29-/m0/s1. The van der Waals surface area contributed by atoms with E-state index < -0.39 is 18.0 Å². The fraction of sp³-hybridized carbons (Fsp3) is 0.235. The van der Waals surface area contributed by atoms with Crippen molar-refractivity contribution in [3.8, 4) is 11.5 Å². The van der Waals surface area contributed by atoms with Crippen molar-refractivity contribution < 1.29 is 28.9 Å². The molecule has 0 saturated carbocycles. The molecule has 1 aromatic heterocycles. The molecule has 1 atom stereocenters. The van der Waals surface area contributed by atoms with Crippen LogP contribution in [0.2, 0.25) is 0 Å². The fourth-order valence-corrected chi connectivity index (χ4v) is 6.81. The Kier molecular flexibility index (Phi) is 9.88. The molecule has 1 aliphatic rings. The smallest absolute Gasteiger partial charge is 0.338 e. The lowest BCUT2D eigenvalue weighted by atomic mass is 9.95. The van der Waals surface area contributed by atoms with Gasteiger partial charge < -0.3 is 19.3 Å². The van der Waals surface area contributed by atoms with E-state index in [4.69, 9.17) is 19.3 Å². The van der Waals surface area contributed by atoms with Crippen molar-refractivity contribution in [2.75, 3.05) is 13.2 Å². The third-order valence-corrected chi connectivity index (χ3v) is 8.91. The van der Waals surface area contributed by atoms with Gasteiger partial charge in [-0.2, -0.15) is 0 Å². The molecule has 0 amide bonds. The molecule has 0 saturated heterocycles. The average molecular weight is 739 g/mol. The summed E-state index contributed by atoms with van der Waals surface area (Å²) in [4.78, 5) is 43.4. The first-order chi connectivity index (χ1) is 21.6. The maximum absolute atomic E-state index is 14.0. The van der Waals surface area contributed by atoms with Gasteiger partial charge in [0.15, 0.2) is 16.3 Å². The number of hydrogen-bond acceptors (Lipinski definition) is 8. The molecule has 4 aromatic rings. The number of carbonyl (C=O) groups excluding carboxylic acids is 1. The zero-order valence-corrected chi connectivity index (χ0v) is 28.1. The Balaban J connectivity index is 1.54. The van der Waals surface area contributed by atoms with Crippen LogP contribution in [0.4, 0.5) is 0 Å². The number of benzene rings is 3. The molecule has 0 aliphatic carbocycles. The minimum Gasteiger partial charge on any atom is -0.490 e. The molecule has 0 radical (unpaired) electrons. The van der Waals surface area contributed by atoms with Crippen molar-refractivity contribution in [3.05, 3.63) is 123 Å². The lowest BCUT2D eigenvalue weighted by Crippen LogP contribution is -2.39. The van der Waals surface area contributed by atoms with Gasteiger partial charge in [-0.05, 0) is 97.3 Å². The predicted octanol–water partition coefficient (Wildman–Crippen LogP) is 5.39. The molecule has 232 valence electrons. The first-order valence-corrected chi connectivity index (χ1v) is 16.2. The molecular formula is C34H31IN2O7S. The molecule has 11 heteroatoms. The summed E-state index contributed by atoms with van der Waals surface area (Å²) in [7, 11) is 0. The van der Waals surface area contributed by atoms with E-state index in [-0.39, 0.29) is 24.3 Å². The van der Waals surface area contributed by atoms with Crippen molar-refractivity contribution in [1.82, 2.24) is 4.57 Å². The maximum atomic E-state index is 14.0. The lowest BCUT2D eigenvalue weighted by molar-refractivity contribution is -0.139. The first-order valence-electron chi connectivity index (χ1n) is 14.3. The summed E-state index contributed by atoms with van der Waals surface area (Å²) < 4.78 is 20.2. The number of carboxylic acids is 1. The molecule has 3 aromatic carbocycles. The summed E-state index contributed by atoms with van der Waals surface area (Å²) >= 11 is 3.43.